The van der Waals surface area contributed by atoms with Crippen molar-refractivity contribution in [1.82, 2.24) is 0 Å². The van der Waals surface area contributed by atoms with Gasteiger partial charge in [-0.25, -0.2) is 0 Å². The van der Waals surface area contributed by atoms with Crippen molar-refractivity contribution in [3.05, 3.63) is 120 Å². The summed E-state index contributed by atoms with van der Waals surface area (Å²) in [6.07, 6.45) is 12.4. The summed E-state index contributed by atoms with van der Waals surface area (Å²) in [6, 6.07) is 34.7. The van der Waals surface area contributed by atoms with Crippen molar-refractivity contribution in [1.29, 1.82) is 0 Å². The van der Waals surface area contributed by atoms with Gasteiger partial charge in [-0.2, -0.15) is 0 Å². The zero-order chi connectivity index (χ0) is 38.8. The van der Waals surface area contributed by atoms with E-state index >= 15 is 0 Å². The van der Waals surface area contributed by atoms with E-state index in [-0.39, 0.29) is 42.9 Å². The van der Waals surface area contributed by atoms with Crippen LogP contribution in [0.25, 0.3) is 0 Å². The lowest BCUT2D eigenvalue weighted by atomic mass is 9.94. The first-order chi connectivity index (χ1) is 27.6. The maximum atomic E-state index is 7.72. The molecule has 0 amide bonds. The number of allylic oxidation sites excluding steroid dienone is 1. The highest BCUT2D eigenvalue weighted by Gasteiger charge is 2.45. The van der Waals surface area contributed by atoms with E-state index < -0.39 is 8.32 Å². The average Bonchev–Trinajstić information content (AvgIpc) is 3.45. The van der Waals surface area contributed by atoms with Crippen LogP contribution in [0.5, 0.6) is 0 Å². The molecule has 0 N–H and O–H groups in total. The lowest BCUT2D eigenvalue weighted by Crippen LogP contribution is -2.54. The molecule has 0 aromatic heterocycles. The molecule has 6 rings (SSSR count). The highest BCUT2D eigenvalue weighted by Crippen LogP contribution is 2.39. The van der Waals surface area contributed by atoms with Crippen LogP contribution in [0.15, 0.2) is 103 Å². The van der Waals surface area contributed by atoms with Gasteiger partial charge in [0.2, 0.25) is 0 Å². The number of hydrogen-bond donors (Lipinski definition) is 0. The molecule has 2 saturated heterocycles. The van der Waals surface area contributed by atoms with Gasteiger partial charge in [0, 0.05) is 25.0 Å². The Bertz CT molecular complexity index is 1520. The molecule has 0 saturated carbocycles. The lowest BCUT2D eigenvalue weighted by molar-refractivity contribution is -0.260. The van der Waals surface area contributed by atoms with Gasteiger partial charge in [-0.1, -0.05) is 150 Å². The fourth-order valence-electron chi connectivity index (χ4n) is 8.48. The van der Waals surface area contributed by atoms with Crippen molar-refractivity contribution in [3.8, 4) is 0 Å². The Balaban J connectivity index is 1.22. The first-order valence-corrected chi connectivity index (χ1v) is 24.4. The van der Waals surface area contributed by atoms with Crippen molar-refractivity contribution < 1.29 is 32.8 Å². The number of ether oxygens (including phenoxy) is 6. The van der Waals surface area contributed by atoms with Crippen molar-refractivity contribution in [2.45, 2.75) is 166 Å². The summed E-state index contributed by atoms with van der Waals surface area (Å²) in [5, 5.41) is 0. The lowest BCUT2D eigenvalue weighted by Gasteiger charge is -2.46. The molecule has 0 unspecified atom stereocenters. The average molecular weight is 785 g/mol. The van der Waals surface area contributed by atoms with Crippen LogP contribution in [0.3, 0.4) is 0 Å². The molecule has 0 radical (unpaired) electrons. The summed E-state index contributed by atoms with van der Waals surface area (Å²) in [5.74, 6) is 0.965. The monoisotopic (exact) mass is 784 g/mol. The minimum absolute atomic E-state index is 0.0375. The molecule has 7 nitrogen and oxygen atoms in total. The van der Waals surface area contributed by atoms with Gasteiger partial charge in [0.05, 0.1) is 50.0 Å². The Morgan fingerprint density at radius 2 is 1.30 bits per heavy atom. The number of hydrogen-bond acceptors (Lipinski definition) is 7. The first-order valence-electron chi connectivity index (χ1n) is 21.9. The normalized spacial score (nSPS) is 25.5. The maximum Gasteiger partial charge on any atom is 0.193 e. The predicted molar refractivity (Wildman–Crippen MR) is 226 cm³/mol. The van der Waals surface area contributed by atoms with E-state index in [4.69, 9.17) is 32.8 Å². The van der Waals surface area contributed by atoms with Gasteiger partial charge < -0.3 is 32.8 Å². The molecule has 0 bridgehead atoms. The third-order valence-corrected chi connectivity index (χ3v) is 16.3. The van der Waals surface area contributed by atoms with E-state index in [1.165, 1.54) is 67.8 Å². The quantitative estimate of drug-likeness (QED) is 0.0742. The minimum Gasteiger partial charge on any atom is -0.490 e. The van der Waals surface area contributed by atoms with Gasteiger partial charge in [-0.15, -0.1) is 0 Å². The van der Waals surface area contributed by atoms with E-state index in [1.807, 2.05) is 24.3 Å². The number of benzene rings is 3. The van der Waals surface area contributed by atoms with Crippen molar-refractivity contribution in [2.75, 3.05) is 13.2 Å². The van der Waals surface area contributed by atoms with E-state index in [2.05, 4.69) is 93.6 Å². The minimum atomic E-state index is -2.10. The fourth-order valence-corrected chi connectivity index (χ4v) is 13.5. The van der Waals surface area contributed by atoms with E-state index in [1.54, 1.807) is 0 Å². The van der Waals surface area contributed by atoms with Crippen molar-refractivity contribution >= 4 is 8.32 Å². The SMILES string of the molecule is CCCC[Si](CCCC)(CCCC)O[C@H]1C[C@@H](OCc2ccccc2)[C@H](CCOCc2ccccc2)O[C@@H]1CC1=CCC[C@@H]2O[C@H](c3ccccc3)OC[C@H]2O1. The van der Waals surface area contributed by atoms with Crippen LogP contribution >= 0.6 is 0 Å². The topological polar surface area (TPSA) is 64.6 Å². The van der Waals surface area contributed by atoms with Gasteiger partial charge in [0.1, 0.15) is 12.2 Å². The van der Waals surface area contributed by atoms with Crippen LogP contribution in [0.2, 0.25) is 18.1 Å². The zero-order valence-electron chi connectivity index (χ0n) is 34.4. The Labute approximate surface area is 338 Å². The number of rotatable bonds is 22. The Kier molecular flexibility index (Phi) is 17.5. The van der Waals surface area contributed by atoms with Crippen molar-refractivity contribution in [3.63, 3.8) is 0 Å². The number of unbranched alkanes of at least 4 members (excludes halogenated alkanes) is 3. The maximum absolute atomic E-state index is 7.72. The standard InChI is InChI=1S/C48H68O7Si/c1-4-7-30-56(31-8-5-2,32-9-6-3)55-46-34-44(50-36-39-22-15-11-16-23-39)43(28-29-49-35-38-20-13-10-14-21-38)53-45(46)33-41-26-19-27-42-47(52-41)37-51-48(54-42)40-24-17-12-18-25-40/h10-18,20-26,42-48H,4-9,19,27-37H2,1-3H3/t42-,43-,44+,45+,46-,47+,48+/m0/s1. The zero-order valence-corrected chi connectivity index (χ0v) is 35.4. The second-order valence-electron chi connectivity index (χ2n) is 16.1. The van der Waals surface area contributed by atoms with Crippen LogP contribution in [0, 0.1) is 0 Å². The third kappa shape index (κ3) is 12.8. The first kappa shape index (κ1) is 42.8. The smallest absolute Gasteiger partial charge is 0.193 e. The molecule has 2 fully saturated rings. The molecule has 3 aliphatic rings. The van der Waals surface area contributed by atoms with Gasteiger partial charge in [0.25, 0.3) is 0 Å². The highest BCUT2D eigenvalue weighted by atomic mass is 28.4. The Morgan fingerprint density at radius 1 is 0.679 bits per heavy atom. The van der Waals surface area contributed by atoms with Crippen LogP contribution in [0.4, 0.5) is 0 Å². The summed E-state index contributed by atoms with van der Waals surface area (Å²) in [5.41, 5.74) is 3.39. The van der Waals surface area contributed by atoms with E-state index in [0.717, 1.165) is 37.0 Å². The molecule has 306 valence electrons. The Morgan fingerprint density at radius 3 is 1.95 bits per heavy atom. The summed E-state index contributed by atoms with van der Waals surface area (Å²) in [4.78, 5) is 0. The second kappa shape index (κ2) is 22.9. The van der Waals surface area contributed by atoms with Crippen LogP contribution in [-0.2, 0) is 46.1 Å². The molecule has 56 heavy (non-hydrogen) atoms. The molecule has 3 aromatic rings. The van der Waals surface area contributed by atoms with Gasteiger partial charge in [0.15, 0.2) is 14.6 Å². The fraction of sp³-hybridized carbons (Fsp3) is 0.583. The van der Waals surface area contributed by atoms with Crippen molar-refractivity contribution in [2.24, 2.45) is 0 Å². The molecular formula is C48H68O7Si. The molecule has 0 aliphatic carbocycles. The van der Waals surface area contributed by atoms with Gasteiger partial charge in [-0.05, 0) is 54.6 Å². The summed E-state index contributed by atoms with van der Waals surface area (Å²) >= 11 is 0. The molecule has 0 spiro atoms. The molecule has 3 heterocycles. The predicted octanol–water partition coefficient (Wildman–Crippen LogP) is 11.6. The molecule has 8 heteroatoms. The van der Waals surface area contributed by atoms with E-state index in [0.29, 0.717) is 32.8 Å². The van der Waals surface area contributed by atoms with E-state index in [9.17, 15) is 0 Å². The van der Waals surface area contributed by atoms with Crippen LogP contribution < -0.4 is 0 Å². The largest absolute Gasteiger partial charge is 0.490 e. The second-order valence-corrected chi connectivity index (χ2v) is 20.2. The van der Waals surface area contributed by atoms with Gasteiger partial charge in [-0.3, -0.25) is 0 Å². The number of fused-ring (bicyclic) bond motifs is 1. The highest BCUT2D eigenvalue weighted by molar-refractivity contribution is 6.73. The van der Waals surface area contributed by atoms with Crippen LogP contribution in [0.1, 0.15) is 114 Å². The third-order valence-electron chi connectivity index (χ3n) is 11.7. The summed E-state index contributed by atoms with van der Waals surface area (Å²) in [7, 11) is -2.10. The molecular weight excluding hydrogens is 717 g/mol. The summed E-state index contributed by atoms with van der Waals surface area (Å²) < 4.78 is 47.7. The molecule has 7 atom stereocenters. The Hall–Kier alpha value is -2.82. The molecule has 3 aromatic carbocycles. The molecule has 3 aliphatic heterocycles. The van der Waals surface area contributed by atoms with Crippen LogP contribution in [-0.4, -0.2) is 58.2 Å². The summed E-state index contributed by atoms with van der Waals surface area (Å²) in [6.45, 7) is 9.14. The van der Waals surface area contributed by atoms with Gasteiger partial charge >= 0.3 is 0 Å².